The van der Waals surface area contributed by atoms with Gasteiger partial charge in [-0.1, -0.05) is 31.2 Å². The lowest BCUT2D eigenvalue weighted by atomic mass is 9.95. The highest BCUT2D eigenvalue weighted by atomic mass is 35.5. The molecule has 1 heterocycles. The first-order chi connectivity index (χ1) is 12.6. The molecule has 0 aromatic heterocycles. The van der Waals surface area contributed by atoms with E-state index < -0.39 is 0 Å². The van der Waals surface area contributed by atoms with Gasteiger partial charge in [-0.15, -0.1) is 12.4 Å². The van der Waals surface area contributed by atoms with Crippen molar-refractivity contribution >= 4 is 18.3 Å². The van der Waals surface area contributed by atoms with Gasteiger partial charge in [0.2, 0.25) is 5.91 Å². The number of hydrogen-bond donors (Lipinski definition) is 1. The molecule has 1 amide bonds. The minimum absolute atomic E-state index is 0. The Bertz CT molecular complexity index is 771. The van der Waals surface area contributed by atoms with E-state index in [0.717, 1.165) is 23.4 Å². The molecule has 2 aromatic carbocycles. The van der Waals surface area contributed by atoms with E-state index >= 15 is 0 Å². The van der Waals surface area contributed by atoms with Crippen molar-refractivity contribution in [3.63, 3.8) is 0 Å². The quantitative estimate of drug-likeness (QED) is 0.838. The first-order valence-electron chi connectivity index (χ1n) is 8.98. The van der Waals surface area contributed by atoms with E-state index in [1.807, 2.05) is 42.2 Å². The van der Waals surface area contributed by atoms with Gasteiger partial charge in [0.05, 0.1) is 13.2 Å². The van der Waals surface area contributed by atoms with Gasteiger partial charge in [-0.25, -0.2) is 4.39 Å². The molecule has 1 N–H and O–H groups in total. The molecule has 146 valence electrons. The molecule has 2 unspecified atom stereocenters. The van der Waals surface area contributed by atoms with E-state index in [9.17, 15) is 9.18 Å². The fraction of sp³-hybridized carbons (Fsp3) is 0.381. The van der Waals surface area contributed by atoms with Gasteiger partial charge in [0.25, 0.3) is 0 Å². The van der Waals surface area contributed by atoms with Crippen LogP contribution >= 0.6 is 12.4 Å². The standard InChI is InChI=1S/C21H25FN2O2.ClH/c1-15(16-5-4-8-19(13-16)26-2)11-21(25)24-10-9-23-14-20(24)17-6-3-7-18(22)12-17;/h3-8,12-13,15,20,23H,9-11,14H2,1-2H3;1H. The molecule has 1 aliphatic rings. The second kappa shape index (κ2) is 9.72. The summed E-state index contributed by atoms with van der Waals surface area (Å²) in [7, 11) is 1.64. The van der Waals surface area contributed by atoms with Crippen LogP contribution in [-0.4, -0.2) is 37.6 Å². The molecule has 27 heavy (non-hydrogen) atoms. The van der Waals surface area contributed by atoms with Crippen LogP contribution in [0.1, 0.15) is 36.4 Å². The van der Waals surface area contributed by atoms with Crippen molar-refractivity contribution in [2.24, 2.45) is 0 Å². The number of methoxy groups -OCH3 is 1. The lowest BCUT2D eigenvalue weighted by molar-refractivity contribution is -0.134. The van der Waals surface area contributed by atoms with E-state index in [-0.39, 0.29) is 36.1 Å². The van der Waals surface area contributed by atoms with Gasteiger partial charge in [-0.2, -0.15) is 0 Å². The van der Waals surface area contributed by atoms with Gasteiger partial charge in [-0.3, -0.25) is 4.79 Å². The second-order valence-electron chi connectivity index (χ2n) is 6.74. The van der Waals surface area contributed by atoms with Gasteiger partial charge in [0.15, 0.2) is 0 Å². The van der Waals surface area contributed by atoms with Gasteiger partial charge >= 0.3 is 0 Å². The lowest BCUT2D eigenvalue weighted by Crippen LogP contribution is -2.48. The monoisotopic (exact) mass is 392 g/mol. The minimum Gasteiger partial charge on any atom is -0.497 e. The Balaban J connectivity index is 0.00000261. The minimum atomic E-state index is -0.273. The van der Waals surface area contributed by atoms with Gasteiger partial charge < -0.3 is 15.0 Å². The summed E-state index contributed by atoms with van der Waals surface area (Å²) >= 11 is 0. The van der Waals surface area contributed by atoms with Crippen molar-refractivity contribution in [1.29, 1.82) is 0 Å². The van der Waals surface area contributed by atoms with E-state index in [1.165, 1.54) is 12.1 Å². The highest BCUT2D eigenvalue weighted by Crippen LogP contribution is 2.28. The SMILES string of the molecule is COc1cccc(C(C)CC(=O)N2CCNCC2c2cccc(F)c2)c1.Cl. The van der Waals surface area contributed by atoms with E-state index in [4.69, 9.17) is 4.74 Å². The van der Waals surface area contributed by atoms with Crippen molar-refractivity contribution in [2.45, 2.75) is 25.3 Å². The number of nitrogens with zero attached hydrogens (tertiary/aromatic N) is 1. The normalized spacial score (nSPS) is 17.7. The lowest BCUT2D eigenvalue weighted by Gasteiger charge is -2.37. The van der Waals surface area contributed by atoms with Crippen LogP contribution in [0, 0.1) is 5.82 Å². The molecule has 0 saturated carbocycles. The molecule has 0 spiro atoms. The predicted molar refractivity (Wildman–Crippen MR) is 107 cm³/mol. The maximum absolute atomic E-state index is 13.6. The highest BCUT2D eigenvalue weighted by Gasteiger charge is 2.29. The molecule has 4 nitrogen and oxygen atoms in total. The number of carbonyl (C=O) groups is 1. The molecule has 0 bridgehead atoms. The molecule has 1 saturated heterocycles. The number of amides is 1. The summed E-state index contributed by atoms with van der Waals surface area (Å²) < 4.78 is 18.9. The number of hydrogen-bond acceptors (Lipinski definition) is 3. The van der Waals surface area contributed by atoms with Crippen LogP contribution in [-0.2, 0) is 4.79 Å². The molecule has 2 atom stereocenters. The third-order valence-corrected chi connectivity index (χ3v) is 4.94. The van der Waals surface area contributed by atoms with Gasteiger partial charge in [-0.05, 0) is 41.3 Å². The van der Waals surface area contributed by atoms with Crippen LogP contribution in [0.15, 0.2) is 48.5 Å². The van der Waals surface area contributed by atoms with Gasteiger partial charge in [0, 0.05) is 26.1 Å². The first-order valence-corrected chi connectivity index (χ1v) is 8.98. The number of rotatable bonds is 5. The number of carbonyl (C=O) groups excluding carboxylic acids is 1. The molecule has 1 aliphatic heterocycles. The molecule has 6 heteroatoms. The van der Waals surface area contributed by atoms with Crippen LogP contribution in [0.4, 0.5) is 4.39 Å². The molecule has 0 radical (unpaired) electrons. The van der Waals surface area contributed by atoms with Gasteiger partial charge in [0.1, 0.15) is 11.6 Å². The maximum atomic E-state index is 13.6. The second-order valence-corrected chi connectivity index (χ2v) is 6.74. The topological polar surface area (TPSA) is 41.6 Å². The summed E-state index contributed by atoms with van der Waals surface area (Å²) in [5.41, 5.74) is 1.91. The van der Waals surface area contributed by atoms with Crippen LogP contribution in [0.25, 0.3) is 0 Å². The van der Waals surface area contributed by atoms with Crippen LogP contribution in [0.2, 0.25) is 0 Å². The van der Waals surface area contributed by atoms with Crippen molar-refractivity contribution in [1.82, 2.24) is 10.2 Å². The number of piperazine rings is 1. The average Bonchev–Trinajstić information content (AvgIpc) is 2.68. The third kappa shape index (κ3) is 5.21. The summed E-state index contributed by atoms with van der Waals surface area (Å²) in [6.07, 6.45) is 0.416. The largest absolute Gasteiger partial charge is 0.497 e. The van der Waals surface area contributed by atoms with E-state index in [1.54, 1.807) is 13.2 Å². The Morgan fingerprint density at radius 1 is 1.30 bits per heavy atom. The van der Waals surface area contributed by atoms with Crippen LogP contribution in [0.5, 0.6) is 5.75 Å². The fourth-order valence-electron chi connectivity index (χ4n) is 3.46. The highest BCUT2D eigenvalue weighted by molar-refractivity contribution is 5.85. The maximum Gasteiger partial charge on any atom is 0.223 e. The third-order valence-electron chi connectivity index (χ3n) is 4.94. The van der Waals surface area contributed by atoms with Crippen LogP contribution in [0.3, 0.4) is 0 Å². The van der Waals surface area contributed by atoms with Crippen molar-refractivity contribution in [3.8, 4) is 5.75 Å². The zero-order chi connectivity index (χ0) is 18.5. The number of benzene rings is 2. The Hall–Kier alpha value is -2.11. The molecular weight excluding hydrogens is 367 g/mol. The number of nitrogens with one attached hydrogen (secondary N) is 1. The van der Waals surface area contributed by atoms with E-state index in [0.29, 0.717) is 19.5 Å². The summed E-state index contributed by atoms with van der Waals surface area (Å²) in [6.45, 7) is 4.07. The Morgan fingerprint density at radius 2 is 2.07 bits per heavy atom. The first kappa shape index (κ1) is 21.2. The zero-order valence-electron chi connectivity index (χ0n) is 15.7. The van der Waals surface area contributed by atoms with Crippen molar-refractivity contribution in [3.05, 3.63) is 65.5 Å². The number of ether oxygens (including phenoxy) is 1. The molecule has 1 fully saturated rings. The van der Waals surface area contributed by atoms with Crippen LogP contribution < -0.4 is 10.1 Å². The Morgan fingerprint density at radius 3 is 2.81 bits per heavy atom. The number of halogens is 2. The molecular formula is C21H26ClFN2O2. The Kier molecular flexibility index (Phi) is 7.63. The molecule has 2 aromatic rings. The summed E-state index contributed by atoms with van der Waals surface area (Å²) in [4.78, 5) is 14.9. The zero-order valence-corrected chi connectivity index (χ0v) is 16.5. The molecule has 3 rings (SSSR count). The van der Waals surface area contributed by atoms with Crippen molar-refractivity contribution in [2.75, 3.05) is 26.7 Å². The summed E-state index contributed by atoms with van der Waals surface area (Å²) in [6, 6.07) is 14.2. The fourth-order valence-corrected chi connectivity index (χ4v) is 3.46. The Labute approximate surface area is 166 Å². The van der Waals surface area contributed by atoms with E-state index in [2.05, 4.69) is 5.32 Å². The van der Waals surface area contributed by atoms with Crippen molar-refractivity contribution < 1.29 is 13.9 Å². The molecule has 0 aliphatic carbocycles. The summed E-state index contributed by atoms with van der Waals surface area (Å²) in [5, 5.41) is 3.30. The predicted octanol–water partition coefficient (Wildman–Crippen LogP) is 3.92. The smallest absolute Gasteiger partial charge is 0.223 e. The summed E-state index contributed by atoms with van der Waals surface area (Å²) in [5.74, 6) is 0.698. The average molecular weight is 393 g/mol.